The van der Waals surface area contributed by atoms with Crippen molar-refractivity contribution in [3.8, 4) is 5.75 Å². The molecule has 0 heterocycles. The van der Waals surface area contributed by atoms with E-state index in [4.69, 9.17) is 4.74 Å². The van der Waals surface area contributed by atoms with Crippen LogP contribution in [0.15, 0.2) is 42.5 Å². The van der Waals surface area contributed by atoms with Crippen molar-refractivity contribution in [3.05, 3.63) is 42.5 Å². The lowest BCUT2D eigenvalue weighted by atomic mass is 9.95. The number of benzene rings is 2. The monoisotopic (exact) mass is 242 g/mol. The number of rotatable bonds is 2. The van der Waals surface area contributed by atoms with Crippen LogP contribution in [0.2, 0.25) is 0 Å². The first kappa shape index (κ1) is 11.5. The zero-order valence-corrected chi connectivity index (χ0v) is 10.4. The Bertz CT molecular complexity index is 530. The number of hydrogen-bond acceptors (Lipinski definition) is 2. The number of fused-ring (bicyclic) bond motifs is 1. The summed E-state index contributed by atoms with van der Waals surface area (Å²) >= 11 is 0. The summed E-state index contributed by atoms with van der Waals surface area (Å²) in [4.78, 5) is 0. The zero-order valence-electron chi connectivity index (χ0n) is 10.4. The fourth-order valence-corrected chi connectivity index (χ4v) is 2.68. The molecule has 18 heavy (non-hydrogen) atoms. The van der Waals surface area contributed by atoms with E-state index in [1.54, 1.807) is 0 Å². The molecule has 0 aliphatic heterocycles. The molecular weight excluding hydrogens is 224 g/mol. The van der Waals surface area contributed by atoms with E-state index in [2.05, 4.69) is 18.2 Å². The maximum Gasteiger partial charge on any atom is 0.127 e. The Kier molecular flexibility index (Phi) is 3.20. The van der Waals surface area contributed by atoms with Crippen LogP contribution in [-0.4, -0.2) is 17.3 Å². The fraction of sp³-hybridized carbons (Fsp3) is 0.375. The van der Waals surface area contributed by atoms with Crippen LogP contribution in [0.3, 0.4) is 0 Å². The Balaban J connectivity index is 1.90. The summed E-state index contributed by atoms with van der Waals surface area (Å²) in [5, 5.41) is 12.3. The van der Waals surface area contributed by atoms with Crippen LogP contribution in [0.5, 0.6) is 5.75 Å². The molecule has 0 saturated heterocycles. The lowest BCUT2D eigenvalue weighted by Gasteiger charge is -2.28. The van der Waals surface area contributed by atoms with Crippen molar-refractivity contribution in [2.24, 2.45) is 0 Å². The highest BCUT2D eigenvalue weighted by atomic mass is 16.5. The van der Waals surface area contributed by atoms with Gasteiger partial charge in [-0.3, -0.25) is 0 Å². The molecule has 2 heteroatoms. The first-order valence-corrected chi connectivity index (χ1v) is 6.67. The molecule has 2 aromatic carbocycles. The average molecular weight is 242 g/mol. The van der Waals surface area contributed by atoms with Gasteiger partial charge in [0.1, 0.15) is 11.9 Å². The Morgan fingerprint density at radius 2 is 1.72 bits per heavy atom. The van der Waals surface area contributed by atoms with E-state index >= 15 is 0 Å². The van der Waals surface area contributed by atoms with Gasteiger partial charge in [0, 0.05) is 5.39 Å². The van der Waals surface area contributed by atoms with E-state index in [0.29, 0.717) is 0 Å². The molecule has 1 N–H and O–H groups in total. The third kappa shape index (κ3) is 2.21. The first-order valence-electron chi connectivity index (χ1n) is 6.67. The summed E-state index contributed by atoms with van der Waals surface area (Å²) in [6, 6.07) is 14.3. The van der Waals surface area contributed by atoms with Crippen LogP contribution in [-0.2, 0) is 0 Å². The van der Waals surface area contributed by atoms with Gasteiger partial charge in [-0.25, -0.2) is 0 Å². The van der Waals surface area contributed by atoms with Crippen molar-refractivity contribution in [2.45, 2.75) is 37.9 Å². The largest absolute Gasteiger partial charge is 0.487 e. The molecule has 1 fully saturated rings. The molecule has 1 aliphatic rings. The molecular formula is C16H18O2. The third-order valence-electron chi connectivity index (χ3n) is 3.70. The van der Waals surface area contributed by atoms with Gasteiger partial charge in [0.15, 0.2) is 0 Å². The molecule has 1 aliphatic carbocycles. The van der Waals surface area contributed by atoms with Crippen molar-refractivity contribution in [1.82, 2.24) is 0 Å². The molecule has 0 amide bonds. The van der Waals surface area contributed by atoms with Crippen LogP contribution in [0, 0.1) is 0 Å². The fourth-order valence-electron chi connectivity index (χ4n) is 2.68. The average Bonchev–Trinajstić information content (AvgIpc) is 2.42. The summed E-state index contributed by atoms with van der Waals surface area (Å²) in [7, 11) is 0. The number of ether oxygens (including phenoxy) is 1. The maximum absolute atomic E-state index is 9.98. The van der Waals surface area contributed by atoms with Gasteiger partial charge in [-0.05, 0) is 30.7 Å². The molecule has 0 unspecified atom stereocenters. The van der Waals surface area contributed by atoms with E-state index in [1.807, 2.05) is 24.3 Å². The van der Waals surface area contributed by atoms with Crippen LogP contribution in [0.1, 0.15) is 25.7 Å². The van der Waals surface area contributed by atoms with Gasteiger partial charge < -0.3 is 9.84 Å². The Morgan fingerprint density at radius 1 is 0.944 bits per heavy atom. The van der Waals surface area contributed by atoms with Crippen molar-refractivity contribution >= 4 is 10.8 Å². The highest BCUT2D eigenvalue weighted by Crippen LogP contribution is 2.29. The highest BCUT2D eigenvalue weighted by molar-refractivity contribution is 5.88. The maximum atomic E-state index is 9.98. The van der Waals surface area contributed by atoms with Crippen LogP contribution in [0.25, 0.3) is 10.8 Å². The second kappa shape index (κ2) is 4.99. The van der Waals surface area contributed by atoms with Crippen LogP contribution < -0.4 is 4.74 Å². The summed E-state index contributed by atoms with van der Waals surface area (Å²) in [5.74, 6) is 0.888. The van der Waals surface area contributed by atoms with Gasteiger partial charge in [-0.2, -0.15) is 0 Å². The first-order chi connectivity index (χ1) is 8.84. The topological polar surface area (TPSA) is 29.5 Å². The lowest BCUT2D eigenvalue weighted by Crippen LogP contribution is -2.34. The molecule has 1 saturated carbocycles. The van der Waals surface area contributed by atoms with Gasteiger partial charge in [0.05, 0.1) is 6.10 Å². The standard InChI is InChI=1S/C16H18O2/c17-14-9-3-4-10-16(14)18-15-11-5-7-12-6-1-2-8-13(12)15/h1-2,5-8,11,14,16-17H,3-4,9-10H2/t14-,16-/m1/s1. The molecule has 3 rings (SSSR count). The minimum atomic E-state index is -0.322. The predicted molar refractivity (Wildman–Crippen MR) is 72.8 cm³/mol. The minimum Gasteiger partial charge on any atom is -0.487 e. The predicted octanol–water partition coefficient (Wildman–Crippen LogP) is 3.52. The smallest absolute Gasteiger partial charge is 0.127 e. The molecule has 2 nitrogen and oxygen atoms in total. The zero-order chi connectivity index (χ0) is 12.4. The van der Waals surface area contributed by atoms with Gasteiger partial charge >= 0.3 is 0 Å². The second-order valence-corrected chi connectivity index (χ2v) is 4.99. The molecule has 2 atom stereocenters. The van der Waals surface area contributed by atoms with Crippen molar-refractivity contribution in [1.29, 1.82) is 0 Å². The Hall–Kier alpha value is -1.54. The van der Waals surface area contributed by atoms with Gasteiger partial charge in [-0.15, -0.1) is 0 Å². The second-order valence-electron chi connectivity index (χ2n) is 4.99. The summed E-state index contributed by atoms with van der Waals surface area (Å²) < 4.78 is 6.03. The molecule has 94 valence electrons. The van der Waals surface area contributed by atoms with Gasteiger partial charge in [-0.1, -0.05) is 42.8 Å². The van der Waals surface area contributed by atoms with Crippen molar-refractivity contribution in [2.75, 3.05) is 0 Å². The van der Waals surface area contributed by atoms with Crippen LogP contribution in [0.4, 0.5) is 0 Å². The van der Waals surface area contributed by atoms with E-state index < -0.39 is 0 Å². The molecule has 0 spiro atoms. The summed E-state index contributed by atoms with van der Waals surface area (Å²) in [6.07, 6.45) is 3.69. The Morgan fingerprint density at radius 3 is 2.61 bits per heavy atom. The lowest BCUT2D eigenvalue weighted by molar-refractivity contribution is 0.00768. The van der Waals surface area contributed by atoms with Crippen LogP contribution >= 0.6 is 0 Å². The third-order valence-corrected chi connectivity index (χ3v) is 3.70. The van der Waals surface area contributed by atoms with Crippen molar-refractivity contribution < 1.29 is 9.84 Å². The number of aliphatic hydroxyl groups is 1. The van der Waals surface area contributed by atoms with Gasteiger partial charge in [0.25, 0.3) is 0 Å². The van der Waals surface area contributed by atoms with E-state index in [-0.39, 0.29) is 12.2 Å². The molecule has 0 aromatic heterocycles. The normalized spacial score (nSPS) is 24.1. The molecule has 0 radical (unpaired) electrons. The molecule has 2 aromatic rings. The molecule has 0 bridgehead atoms. The van der Waals surface area contributed by atoms with E-state index in [0.717, 1.165) is 36.8 Å². The van der Waals surface area contributed by atoms with Gasteiger partial charge in [0.2, 0.25) is 0 Å². The summed E-state index contributed by atoms with van der Waals surface area (Å²) in [6.45, 7) is 0. The van der Waals surface area contributed by atoms with Crippen molar-refractivity contribution in [3.63, 3.8) is 0 Å². The number of hydrogen-bond donors (Lipinski definition) is 1. The van der Waals surface area contributed by atoms with E-state index in [1.165, 1.54) is 5.39 Å². The SMILES string of the molecule is O[C@@H]1CCCC[C@H]1Oc1cccc2ccccc12. The van der Waals surface area contributed by atoms with E-state index in [9.17, 15) is 5.11 Å². The summed E-state index contributed by atoms with van der Waals surface area (Å²) in [5.41, 5.74) is 0. The number of aliphatic hydroxyl groups excluding tert-OH is 1. The Labute approximate surface area is 107 Å². The minimum absolute atomic E-state index is 0.0513. The quantitative estimate of drug-likeness (QED) is 0.873. The highest BCUT2D eigenvalue weighted by Gasteiger charge is 2.24.